The Morgan fingerprint density at radius 1 is 1.29 bits per heavy atom. The maximum atomic E-state index is 12.5. The van der Waals surface area contributed by atoms with E-state index in [1.807, 2.05) is 19.1 Å². The lowest BCUT2D eigenvalue weighted by atomic mass is 9.80. The van der Waals surface area contributed by atoms with E-state index < -0.39 is 5.60 Å². The standard InChI is InChI=1S/C17H24N2O2/c1-13-5-6-15(19-9-2-3-10-19)14(11-13)16(20)18-12-17(21)7-4-8-17/h5-6,11,21H,2-4,7-10,12H2,1H3,(H,18,20). The Balaban J connectivity index is 1.75. The largest absolute Gasteiger partial charge is 0.388 e. The van der Waals surface area contributed by atoms with E-state index >= 15 is 0 Å². The maximum absolute atomic E-state index is 12.5. The van der Waals surface area contributed by atoms with Gasteiger partial charge in [0.15, 0.2) is 0 Å². The zero-order chi connectivity index (χ0) is 14.9. The molecule has 1 saturated heterocycles. The molecule has 21 heavy (non-hydrogen) atoms. The van der Waals surface area contributed by atoms with Gasteiger partial charge in [0.05, 0.1) is 11.2 Å². The van der Waals surface area contributed by atoms with Crippen LogP contribution in [0.25, 0.3) is 0 Å². The van der Waals surface area contributed by atoms with Crippen molar-refractivity contribution in [3.8, 4) is 0 Å². The van der Waals surface area contributed by atoms with Gasteiger partial charge >= 0.3 is 0 Å². The van der Waals surface area contributed by atoms with Gasteiger partial charge in [-0.3, -0.25) is 4.79 Å². The Hall–Kier alpha value is -1.55. The molecule has 1 saturated carbocycles. The molecule has 1 aliphatic heterocycles. The molecule has 3 rings (SSSR count). The number of aliphatic hydroxyl groups is 1. The second-order valence-corrected chi connectivity index (χ2v) is 6.48. The summed E-state index contributed by atoms with van der Waals surface area (Å²) in [5.74, 6) is -0.0686. The van der Waals surface area contributed by atoms with Crippen LogP contribution in [0.3, 0.4) is 0 Å². The number of amides is 1. The first kappa shape index (κ1) is 14.4. The van der Waals surface area contributed by atoms with Crippen LogP contribution in [0.2, 0.25) is 0 Å². The molecule has 114 valence electrons. The van der Waals surface area contributed by atoms with Crippen LogP contribution in [0, 0.1) is 6.92 Å². The SMILES string of the molecule is Cc1ccc(N2CCCC2)c(C(=O)NCC2(O)CCC2)c1. The first-order chi connectivity index (χ1) is 10.1. The molecule has 4 nitrogen and oxygen atoms in total. The third kappa shape index (κ3) is 3.05. The molecule has 1 aromatic carbocycles. The van der Waals surface area contributed by atoms with Crippen LogP contribution in [0.15, 0.2) is 18.2 Å². The number of anilines is 1. The van der Waals surface area contributed by atoms with E-state index in [1.54, 1.807) is 0 Å². The van der Waals surface area contributed by atoms with Gasteiger partial charge in [-0.05, 0) is 51.2 Å². The number of rotatable bonds is 4. The fraction of sp³-hybridized carbons (Fsp3) is 0.588. The van der Waals surface area contributed by atoms with Gasteiger partial charge in [-0.25, -0.2) is 0 Å². The van der Waals surface area contributed by atoms with Crippen molar-refractivity contribution < 1.29 is 9.90 Å². The third-order valence-corrected chi connectivity index (χ3v) is 4.71. The van der Waals surface area contributed by atoms with Crippen molar-refractivity contribution in [3.05, 3.63) is 29.3 Å². The van der Waals surface area contributed by atoms with Gasteiger partial charge in [-0.15, -0.1) is 0 Å². The summed E-state index contributed by atoms with van der Waals surface area (Å²) in [7, 11) is 0. The van der Waals surface area contributed by atoms with Crippen LogP contribution >= 0.6 is 0 Å². The summed E-state index contributed by atoms with van der Waals surface area (Å²) in [5.41, 5.74) is 2.18. The normalized spacial score (nSPS) is 20.2. The molecule has 0 aromatic heterocycles. The van der Waals surface area contributed by atoms with Crippen LogP contribution in [-0.2, 0) is 0 Å². The minimum absolute atomic E-state index is 0.0686. The minimum Gasteiger partial charge on any atom is -0.388 e. The highest BCUT2D eigenvalue weighted by Crippen LogP contribution is 2.31. The number of nitrogens with one attached hydrogen (secondary N) is 1. The van der Waals surface area contributed by atoms with E-state index in [9.17, 15) is 9.90 Å². The van der Waals surface area contributed by atoms with Crippen molar-refractivity contribution in [1.82, 2.24) is 5.32 Å². The fourth-order valence-corrected chi connectivity index (χ4v) is 3.17. The van der Waals surface area contributed by atoms with Gasteiger partial charge in [0.2, 0.25) is 0 Å². The summed E-state index contributed by atoms with van der Waals surface area (Å²) in [5, 5.41) is 13.0. The Kier molecular flexibility index (Phi) is 3.89. The van der Waals surface area contributed by atoms with Gasteiger partial charge in [-0.2, -0.15) is 0 Å². The second-order valence-electron chi connectivity index (χ2n) is 6.48. The molecule has 0 unspecified atom stereocenters. The van der Waals surface area contributed by atoms with E-state index in [1.165, 1.54) is 12.8 Å². The first-order valence-corrected chi connectivity index (χ1v) is 7.94. The van der Waals surface area contributed by atoms with E-state index in [2.05, 4.69) is 16.3 Å². The van der Waals surface area contributed by atoms with Crippen LogP contribution in [0.5, 0.6) is 0 Å². The molecule has 1 aliphatic carbocycles. The van der Waals surface area contributed by atoms with Crippen LogP contribution in [-0.4, -0.2) is 36.2 Å². The second kappa shape index (κ2) is 5.68. The molecule has 2 fully saturated rings. The quantitative estimate of drug-likeness (QED) is 0.893. The minimum atomic E-state index is -0.673. The Morgan fingerprint density at radius 3 is 2.62 bits per heavy atom. The maximum Gasteiger partial charge on any atom is 0.253 e. The lowest BCUT2D eigenvalue weighted by molar-refractivity contribution is -0.0300. The van der Waals surface area contributed by atoms with Gasteiger partial charge in [-0.1, -0.05) is 11.6 Å². The number of hydrogen-bond acceptors (Lipinski definition) is 3. The number of nitrogens with zero attached hydrogens (tertiary/aromatic N) is 1. The summed E-state index contributed by atoms with van der Waals surface area (Å²) >= 11 is 0. The Labute approximate surface area is 126 Å². The highest BCUT2D eigenvalue weighted by Gasteiger charge is 2.34. The Morgan fingerprint density at radius 2 is 2.00 bits per heavy atom. The molecule has 0 spiro atoms. The smallest absolute Gasteiger partial charge is 0.253 e. The van der Waals surface area contributed by atoms with Crippen molar-refractivity contribution in [2.24, 2.45) is 0 Å². The first-order valence-electron chi connectivity index (χ1n) is 7.94. The molecule has 2 aliphatic rings. The van der Waals surface area contributed by atoms with E-state index in [4.69, 9.17) is 0 Å². The molecule has 0 atom stereocenters. The molecule has 1 amide bonds. The number of hydrogen-bond donors (Lipinski definition) is 2. The molecule has 1 heterocycles. The number of benzene rings is 1. The van der Waals surface area contributed by atoms with E-state index in [0.29, 0.717) is 6.54 Å². The topological polar surface area (TPSA) is 52.6 Å². The summed E-state index contributed by atoms with van der Waals surface area (Å²) in [6.45, 7) is 4.41. The summed E-state index contributed by atoms with van der Waals surface area (Å²) in [6.07, 6.45) is 5.01. The van der Waals surface area contributed by atoms with Crippen molar-refractivity contribution >= 4 is 11.6 Å². The predicted octanol–water partition coefficient (Wildman–Crippen LogP) is 2.24. The molecule has 4 heteroatoms. The van der Waals surface area contributed by atoms with Crippen molar-refractivity contribution in [2.45, 2.75) is 44.6 Å². The van der Waals surface area contributed by atoms with Gasteiger partial charge in [0, 0.05) is 25.3 Å². The number of aryl methyl sites for hydroxylation is 1. The Bertz CT molecular complexity index is 532. The number of carbonyl (C=O) groups is 1. The fourth-order valence-electron chi connectivity index (χ4n) is 3.17. The van der Waals surface area contributed by atoms with Crippen LogP contribution in [0.1, 0.15) is 48.0 Å². The monoisotopic (exact) mass is 288 g/mol. The molecule has 2 N–H and O–H groups in total. The summed E-state index contributed by atoms with van der Waals surface area (Å²) < 4.78 is 0. The van der Waals surface area contributed by atoms with Gasteiger partial charge in [0.1, 0.15) is 0 Å². The van der Waals surface area contributed by atoms with Crippen molar-refractivity contribution in [3.63, 3.8) is 0 Å². The molecule has 1 aromatic rings. The summed E-state index contributed by atoms with van der Waals surface area (Å²) in [4.78, 5) is 14.8. The third-order valence-electron chi connectivity index (χ3n) is 4.71. The number of carbonyl (C=O) groups excluding carboxylic acids is 1. The zero-order valence-corrected chi connectivity index (χ0v) is 12.7. The molecular weight excluding hydrogens is 264 g/mol. The highest BCUT2D eigenvalue weighted by atomic mass is 16.3. The summed E-state index contributed by atoms with van der Waals surface area (Å²) in [6, 6.07) is 6.06. The van der Waals surface area contributed by atoms with E-state index in [-0.39, 0.29) is 5.91 Å². The van der Waals surface area contributed by atoms with Crippen molar-refractivity contribution in [2.75, 3.05) is 24.5 Å². The lowest BCUT2D eigenvalue weighted by Gasteiger charge is -2.36. The van der Waals surface area contributed by atoms with Gasteiger partial charge < -0.3 is 15.3 Å². The van der Waals surface area contributed by atoms with Crippen molar-refractivity contribution in [1.29, 1.82) is 0 Å². The van der Waals surface area contributed by atoms with Crippen LogP contribution < -0.4 is 10.2 Å². The highest BCUT2D eigenvalue weighted by molar-refractivity contribution is 6.00. The van der Waals surface area contributed by atoms with Gasteiger partial charge in [0.25, 0.3) is 5.91 Å². The average molecular weight is 288 g/mol. The van der Waals surface area contributed by atoms with E-state index in [0.717, 1.165) is 49.2 Å². The van der Waals surface area contributed by atoms with Crippen LogP contribution in [0.4, 0.5) is 5.69 Å². The molecule has 0 bridgehead atoms. The molecular formula is C17H24N2O2. The average Bonchev–Trinajstić information content (AvgIpc) is 2.96. The predicted molar refractivity (Wildman–Crippen MR) is 83.8 cm³/mol. The lowest BCUT2D eigenvalue weighted by Crippen LogP contribution is -2.47. The zero-order valence-electron chi connectivity index (χ0n) is 12.7. The molecule has 0 radical (unpaired) electrons.